The molecule has 1 atom stereocenters. The summed E-state index contributed by atoms with van der Waals surface area (Å²) in [6.45, 7) is 7.46. The van der Waals surface area contributed by atoms with Crippen molar-refractivity contribution in [1.82, 2.24) is 4.90 Å². The van der Waals surface area contributed by atoms with E-state index in [1.165, 1.54) is 4.90 Å². The molecule has 1 saturated heterocycles. The van der Waals surface area contributed by atoms with Gasteiger partial charge in [-0.2, -0.15) is 0 Å². The van der Waals surface area contributed by atoms with E-state index in [0.717, 1.165) is 17.3 Å². The van der Waals surface area contributed by atoms with Crippen LogP contribution in [0.25, 0.3) is 6.08 Å². The molecule has 0 saturated carbocycles. The molecule has 1 heterocycles. The third-order valence-corrected chi connectivity index (χ3v) is 4.88. The van der Waals surface area contributed by atoms with Crippen LogP contribution in [0.4, 0.5) is 0 Å². The minimum atomic E-state index is -1.07. The van der Waals surface area contributed by atoms with Gasteiger partial charge in [0, 0.05) is 5.56 Å². The van der Waals surface area contributed by atoms with Crippen molar-refractivity contribution in [2.24, 2.45) is 5.92 Å². The molecule has 0 aromatic heterocycles. The Morgan fingerprint density at radius 2 is 2.12 bits per heavy atom. The molecule has 1 unspecified atom stereocenters. The molecule has 0 spiro atoms. The molecule has 25 heavy (non-hydrogen) atoms. The lowest BCUT2D eigenvalue weighted by atomic mass is 10.0. The van der Waals surface area contributed by atoms with Gasteiger partial charge in [0.2, 0.25) is 0 Å². The van der Waals surface area contributed by atoms with Gasteiger partial charge >= 0.3 is 5.97 Å². The van der Waals surface area contributed by atoms with E-state index >= 15 is 0 Å². The average Bonchev–Trinajstić information content (AvgIpc) is 2.81. The van der Waals surface area contributed by atoms with Crippen LogP contribution < -0.4 is 4.74 Å². The maximum Gasteiger partial charge on any atom is 0.327 e. The Labute approximate surface area is 156 Å². The highest BCUT2D eigenvalue weighted by atomic mass is 32.2. The van der Waals surface area contributed by atoms with Gasteiger partial charge < -0.3 is 9.84 Å². The van der Waals surface area contributed by atoms with Gasteiger partial charge in [0.05, 0.1) is 4.91 Å². The Morgan fingerprint density at radius 3 is 2.72 bits per heavy atom. The fraction of sp³-hybridized carbons (Fsp3) is 0.278. The van der Waals surface area contributed by atoms with Crippen LogP contribution in [0.15, 0.2) is 41.8 Å². The first-order valence-electron chi connectivity index (χ1n) is 7.69. The van der Waals surface area contributed by atoms with Crippen LogP contribution in [0.1, 0.15) is 19.4 Å². The number of ether oxygens (including phenoxy) is 1. The maximum atomic E-state index is 12.7. The molecule has 0 aliphatic carbocycles. The zero-order valence-corrected chi connectivity index (χ0v) is 15.6. The Kier molecular flexibility index (Phi) is 6.39. The van der Waals surface area contributed by atoms with Crippen molar-refractivity contribution < 1.29 is 19.4 Å². The lowest BCUT2D eigenvalue weighted by molar-refractivity contribution is -0.146. The van der Waals surface area contributed by atoms with Crippen LogP contribution in [0.5, 0.6) is 5.75 Å². The van der Waals surface area contributed by atoms with E-state index in [0.29, 0.717) is 17.3 Å². The van der Waals surface area contributed by atoms with E-state index in [-0.39, 0.29) is 10.2 Å². The summed E-state index contributed by atoms with van der Waals surface area (Å²) in [6, 6.07) is 6.30. The van der Waals surface area contributed by atoms with E-state index in [1.807, 2.05) is 18.2 Å². The van der Waals surface area contributed by atoms with E-state index in [1.54, 1.807) is 32.1 Å². The molecule has 1 amide bonds. The number of aliphatic carboxylic acids is 1. The minimum absolute atomic E-state index is 0.252. The lowest BCUT2D eigenvalue weighted by Crippen LogP contribution is -2.47. The van der Waals surface area contributed by atoms with Crippen LogP contribution in [0.2, 0.25) is 0 Å². The highest BCUT2D eigenvalue weighted by Crippen LogP contribution is 2.36. The second-order valence-electron chi connectivity index (χ2n) is 5.72. The van der Waals surface area contributed by atoms with E-state index in [4.69, 9.17) is 17.0 Å². The van der Waals surface area contributed by atoms with Crippen molar-refractivity contribution >= 4 is 46.3 Å². The fourth-order valence-corrected chi connectivity index (χ4v) is 3.75. The van der Waals surface area contributed by atoms with Crippen molar-refractivity contribution in [2.45, 2.75) is 19.9 Å². The van der Waals surface area contributed by atoms with Gasteiger partial charge in [0.25, 0.3) is 5.91 Å². The second-order valence-corrected chi connectivity index (χ2v) is 7.39. The topological polar surface area (TPSA) is 66.8 Å². The SMILES string of the molecule is C=CCOc1ccccc1/C=C1\SC(=S)N(C(C(=O)O)C(C)C)C1=O. The Bertz CT molecular complexity index is 742. The van der Waals surface area contributed by atoms with E-state index < -0.39 is 17.9 Å². The van der Waals surface area contributed by atoms with Gasteiger partial charge in [0.15, 0.2) is 0 Å². The number of rotatable bonds is 7. The van der Waals surface area contributed by atoms with Crippen molar-refractivity contribution in [2.75, 3.05) is 6.61 Å². The molecule has 1 aliphatic heterocycles. The molecule has 1 aliphatic rings. The van der Waals surface area contributed by atoms with Crippen LogP contribution >= 0.6 is 24.0 Å². The van der Waals surface area contributed by atoms with Crippen molar-refractivity contribution in [3.63, 3.8) is 0 Å². The van der Waals surface area contributed by atoms with Crippen molar-refractivity contribution in [1.29, 1.82) is 0 Å². The summed E-state index contributed by atoms with van der Waals surface area (Å²) in [5, 5.41) is 9.45. The summed E-state index contributed by atoms with van der Waals surface area (Å²) >= 11 is 6.35. The molecule has 2 rings (SSSR count). The standard InChI is InChI=1S/C18H19NO4S2/c1-4-9-23-13-8-6-5-7-12(13)10-14-16(20)19(18(24)25-14)15(11(2)3)17(21)22/h4-8,10-11,15H,1,9H2,2-3H3,(H,21,22)/b14-10-. The van der Waals surface area contributed by atoms with Gasteiger partial charge in [-0.3, -0.25) is 9.69 Å². The molecule has 0 bridgehead atoms. The van der Waals surface area contributed by atoms with Crippen LogP contribution in [-0.4, -0.2) is 38.9 Å². The van der Waals surface area contributed by atoms with Crippen molar-refractivity contribution in [3.05, 3.63) is 47.4 Å². The molecule has 1 N–H and O–H groups in total. The number of thioether (sulfide) groups is 1. The Morgan fingerprint density at radius 1 is 1.44 bits per heavy atom. The number of carbonyl (C=O) groups is 2. The molecular formula is C18H19NO4S2. The summed E-state index contributed by atoms with van der Waals surface area (Å²) < 4.78 is 5.84. The summed E-state index contributed by atoms with van der Waals surface area (Å²) in [4.78, 5) is 25.8. The molecule has 132 valence electrons. The van der Waals surface area contributed by atoms with E-state index in [2.05, 4.69) is 6.58 Å². The molecule has 0 radical (unpaired) electrons. The van der Waals surface area contributed by atoms with E-state index in [9.17, 15) is 14.7 Å². The zero-order chi connectivity index (χ0) is 18.6. The molecule has 7 heteroatoms. The number of hydrogen-bond acceptors (Lipinski definition) is 5. The molecule has 5 nitrogen and oxygen atoms in total. The number of amides is 1. The number of carboxylic acid groups (broad SMARTS) is 1. The first kappa shape index (κ1) is 19.2. The largest absolute Gasteiger partial charge is 0.489 e. The number of thiocarbonyl (C=S) groups is 1. The summed E-state index contributed by atoms with van der Waals surface area (Å²) in [6.07, 6.45) is 3.31. The summed E-state index contributed by atoms with van der Waals surface area (Å²) in [5.41, 5.74) is 0.723. The van der Waals surface area contributed by atoms with Gasteiger partial charge in [-0.1, -0.05) is 68.7 Å². The van der Waals surface area contributed by atoms with Crippen molar-refractivity contribution in [3.8, 4) is 5.75 Å². The predicted octanol–water partition coefficient (Wildman–Crippen LogP) is 3.56. The normalized spacial score (nSPS) is 17.2. The molecule has 1 aromatic carbocycles. The third kappa shape index (κ3) is 4.29. The van der Waals surface area contributed by atoms with Gasteiger partial charge in [-0.05, 0) is 18.1 Å². The Hall–Kier alpha value is -2.12. The number of nitrogens with zero attached hydrogens (tertiary/aromatic N) is 1. The maximum absolute atomic E-state index is 12.7. The zero-order valence-electron chi connectivity index (χ0n) is 14.0. The first-order valence-corrected chi connectivity index (χ1v) is 8.92. The predicted molar refractivity (Wildman–Crippen MR) is 103 cm³/mol. The van der Waals surface area contributed by atoms with Gasteiger partial charge in [-0.15, -0.1) is 0 Å². The van der Waals surface area contributed by atoms with Gasteiger partial charge in [0.1, 0.15) is 22.7 Å². The number of hydrogen-bond donors (Lipinski definition) is 1. The quantitative estimate of drug-likeness (QED) is 0.445. The monoisotopic (exact) mass is 377 g/mol. The number of carbonyl (C=O) groups excluding carboxylic acids is 1. The first-order chi connectivity index (χ1) is 11.9. The summed E-state index contributed by atoms with van der Waals surface area (Å²) in [7, 11) is 0. The Balaban J connectivity index is 2.35. The minimum Gasteiger partial charge on any atom is -0.489 e. The summed E-state index contributed by atoms with van der Waals surface area (Å²) in [5.74, 6) is -1.11. The molecule has 1 fully saturated rings. The average molecular weight is 377 g/mol. The smallest absolute Gasteiger partial charge is 0.327 e. The van der Waals surface area contributed by atoms with Gasteiger partial charge in [-0.25, -0.2) is 4.79 Å². The fourth-order valence-electron chi connectivity index (χ4n) is 2.43. The molecule has 1 aromatic rings. The highest BCUT2D eigenvalue weighted by Gasteiger charge is 2.41. The van der Waals surface area contributed by atoms with Crippen LogP contribution in [-0.2, 0) is 9.59 Å². The number of para-hydroxylation sites is 1. The lowest BCUT2D eigenvalue weighted by Gasteiger charge is -2.26. The second kappa shape index (κ2) is 8.31. The highest BCUT2D eigenvalue weighted by molar-refractivity contribution is 8.26. The third-order valence-electron chi connectivity index (χ3n) is 3.55. The number of benzene rings is 1. The van der Waals surface area contributed by atoms with Crippen LogP contribution in [0.3, 0.4) is 0 Å². The number of carboxylic acids is 1. The molecular weight excluding hydrogens is 358 g/mol. The van der Waals surface area contributed by atoms with Crippen LogP contribution in [0, 0.1) is 5.92 Å².